The molecule has 102 valence electrons. The number of imidazole rings is 1. The molecule has 19 heavy (non-hydrogen) atoms. The molecule has 1 N–H and O–H groups in total. The molecule has 0 saturated carbocycles. The lowest BCUT2D eigenvalue weighted by Gasteiger charge is -2.10. The third-order valence-electron chi connectivity index (χ3n) is 2.79. The summed E-state index contributed by atoms with van der Waals surface area (Å²) in [5.41, 5.74) is 0.822. The van der Waals surface area contributed by atoms with Crippen LogP contribution in [0.15, 0.2) is 18.2 Å². The first-order valence-corrected chi connectivity index (χ1v) is 6.53. The van der Waals surface area contributed by atoms with E-state index in [4.69, 9.17) is 11.6 Å². The Bertz CT molecular complexity index is 609. The lowest BCUT2D eigenvalue weighted by molar-refractivity contribution is -0.121. The minimum absolute atomic E-state index is 0.0835. The van der Waals surface area contributed by atoms with Gasteiger partial charge in [-0.3, -0.25) is 4.79 Å². The highest BCUT2D eigenvalue weighted by atomic mass is 35.5. The molecular weight excluding hydrogens is 269 g/mol. The number of amides is 1. The van der Waals surface area contributed by atoms with Crippen LogP contribution in [-0.4, -0.2) is 22.0 Å². The number of rotatable bonds is 4. The Balaban J connectivity index is 2.52. The van der Waals surface area contributed by atoms with Crippen LogP contribution in [0.2, 0.25) is 0 Å². The van der Waals surface area contributed by atoms with Gasteiger partial charge in [-0.1, -0.05) is 6.07 Å². The van der Waals surface area contributed by atoms with Crippen molar-refractivity contribution in [3.63, 3.8) is 0 Å². The van der Waals surface area contributed by atoms with Crippen molar-refractivity contribution in [2.75, 3.05) is 6.54 Å². The number of fused-ring (bicyclic) bond motifs is 1. The summed E-state index contributed by atoms with van der Waals surface area (Å²) >= 11 is 6.06. The van der Waals surface area contributed by atoms with Crippen LogP contribution in [0.3, 0.4) is 0 Å². The molecule has 0 aliphatic heterocycles. The maximum atomic E-state index is 13.7. The van der Waals surface area contributed by atoms with Crippen molar-refractivity contribution < 1.29 is 9.18 Å². The summed E-state index contributed by atoms with van der Waals surface area (Å²) in [7, 11) is 0. The van der Waals surface area contributed by atoms with E-state index < -0.39 is 11.2 Å². The molecule has 0 saturated heterocycles. The number of nitrogens with zero attached hydrogens (tertiary/aromatic N) is 2. The van der Waals surface area contributed by atoms with Crippen LogP contribution in [0.4, 0.5) is 4.39 Å². The minimum Gasteiger partial charge on any atom is -0.355 e. The number of carbonyl (C=O) groups is 1. The van der Waals surface area contributed by atoms with E-state index in [2.05, 4.69) is 10.3 Å². The number of carbonyl (C=O) groups excluding carboxylic acids is 1. The molecule has 2 rings (SSSR count). The van der Waals surface area contributed by atoms with Crippen LogP contribution >= 0.6 is 11.6 Å². The number of aromatic nitrogens is 2. The molecule has 1 atom stereocenters. The van der Waals surface area contributed by atoms with Gasteiger partial charge >= 0.3 is 0 Å². The van der Waals surface area contributed by atoms with Crippen LogP contribution in [-0.2, 0) is 11.3 Å². The van der Waals surface area contributed by atoms with E-state index in [0.717, 1.165) is 0 Å². The number of likely N-dealkylation sites (N-methyl/N-ethyl adjacent to an activating group) is 1. The quantitative estimate of drug-likeness (QED) is 0.877. The number of alkyl halides is 1. The van der Waals surface area contributed by atoms with Crippen molar-refractivity contribution in [1.82, 2.24) is 14.9 Å². The predicted molar refractivity (Wildman–Crippen MR) is 72.6 cm³/mol. The van der Waals surface area contributed by atoms with Gasteiger partial charge in [0.05, 0.1) is 10.9 Å². The van der Waals surface area contributed by atoms with E-state index in [1.54, 1.807) is 23.6 Å². The van der Waals surface area contributed by atoms with Gasteiger partial charge in [0.2, 0.25) is 5.91 Å². The Hall–Kier alpha value is -1.62. The van der Waals surface area contributed by atoms with Gasteiger partial charge in [0.25, 0.3) is 0 Å². The van der Waals surface area contributed by atoms with Crippen LogP contribution in [0.5, 0.6) is 0 Å². The monoisotopic (exact) mass is 283 g/mol. The molecule has 1 aromatic carbocycles. The van der Waals surface area contributed by atoms with Crippen LogP contribution in [0.25, 0.3) is 11.0 Å². The molecule has 0 radical (unpaired) electrons. The first-order valence-electron chi connectivity index (χ1n) is 6.10. The summed E-state index contributed by atoms with van der Waals surface area (Å²) in [5, 5.41) is 2.30. The second-order valence-electron chi connectivity index (χ2n) is 4.23. The van der Waals surface area contributed by atoms with E-state index >= 15 is 0 Å². The number of hydrogen-bond donors (Lipinski definition) is 1. The topological polar surface area (TPSA) is 46.9 Å². The van der Waals surface area contributed by atoms with E-state index in [1.165, 1.54) is 6.07 Å². The fourth-order valence-electron chi connectivity index (χ4n) is 2.00. The summed E-state index contributed by atoms with van der Waals surface area (Å²) in [4.78, 5) is 15.9. The van der Waals surface area contributed by atoms with Crippen LogP contribution < -0.4 is 5.32 Å². The number of hydrogen-bond acceptors (Lipinski definition) is 2. The summed E-state index contributed by atoms with van der Waals surface area (Å²) < 4.78 is 15.4. The van der Waals surface area contributed by atoms with Gasteiger partial charge in [-0.05, 0) is 26.0 Å². The maximum Gasteiger partial charge on any atom is 0.239 e. The average molecular weight is 284 g/mol. The highest BCUT2D eigenvalue weighted by Crippen LogP contribution is 2.25. The fourth-order valence-corrected chi connectivity index (χ4v) is 2.16. The summed E-state index contributed by atoms with van der Waals surface area (Å²) in [5.74, 6) is -0.0663. The second-order valence-corrected chi connectivity index (χ2v) is 4.89. The van der Waals surface area contributed by atoms with Gasteiger partial charge in [-0.15, -0.1) is 11.6 Å². The zero-order valence-electron chi connectivity index (χ0n) is 10.8. The molecule has 0 aliphatic rings. The number of para-hydroxylation sites is 1. The first kappa shape index (κ1) is 13.8. The lowest BCUT2D eigenvalue weighted by atomic mass is 10.3. The Morgan fingerprint density at radius 1 is 1.58 bits per heavy atom. The lowest BCUT2D eigenvalue weighted by Crippen LogP contribution is -2.27. The molecule has 0 spiro atoms. The van der Waals surface area contributed by atoms with Crippen molar-refractivity contribution in [2.24, 2.45) is 0 Å². The van der Waals surface area contributed by atoms with Crippen molar-refractivity contribution in [1.29, 1.82) is 0 Å². The molecule has 2 aromatic rings. The van der Waals surface area contributed by atoms with Crippen LogP contribution in [0, 0.1) is 5.82 Å². The summed E-state index contributed by atoms with van der Waals surface area (Å²) in [6, 6.07) is 4.66. The molecule has 0 fully saturated rings. The van der Waals surface area contributed by atoms with Crippen molar-refractivity contribution in [3.8, 4) is 0 Å². The largest absolute Gasteiger partial charge is 0.355 e. The normalized spacial score (nSPS) is 12.6. The van der Waals surface area contributed by atoms with Crippen LogP contribution in [0.1, 0.15) is 25.0 Å². The second kappa shape index (κ2) is 5.57. The maximum absolute atomic E-state index is 13.7. The summed E-state index contributed by atoms with van der Waals surface area (Å²) in [6.07, 6.45) is 0. The van der Waals surface area contributed by atoms with Crippen molar-refractivity contribution in [2.45, 2.75) is 25.8 Å². The fraction of sp³-hybridized carbons (Fsp3) is 0.385. The molecular formula is C13H15ClFN3O. The summed E-state index contributed by atoms with van der Waals surface area (Å²) in [6.45, 7) is 4.22. The smallest absolute Gasteiger partial charge is 0.239 e. The predicted octanol–water partition coefficient (Wildman–Crippen LogP) is 2.61. The third-order valence-corrected chi connectivity index (χ3v) is 2.99. The zero-order valence-corrected chi connectivity index (χ0v) is 11.5. The highest BCUT2D eigenvalue weighted by molar-refractivity contribution is 6.20. The SMILES string of the molecule is CCNC(=O)Cn1c(C(C)Cl)nc2c(F)cccc21. The standard InChI is InChI=1S/C13H15ClFN3O/c1-3-16-11(19)7-18-10-6-4-5-9(15)12(10)17-13(18)8(2)14/h4-6,8H,3,7H2,1-2H3,(H,16,19). The van der Waals surface area contributed by atoms with Crippen molar-refractivity contribution >= 4 is 28.5 Å². The molecule has 1 aromatic heterocycles. The van der Waals surface area contributed by atoms with Gasteiger partial charge in [-0.2, -0.15) is 0 Å². The Morgan fingerprint density at radius 2 is 2.32 bits per heavy atom. The van der Waals surface area contributed by atoms with E-state index in [1.807, 2.05) is 6.92 Å². The molecule has 1 unspecified atom stereocenters. The number of halogens is 2. The molecule has 1 heterocycles. The van der Waals surface area contributed by atoms with E-state index in [0.29, 0.717) is 17.9 Å². The van der Waals surface area contributed by atoms with Gasteiger partial charge in [0.1, 0.15) is 17.9 Å². The molecule has 0 aliphatic carbocycles. The minimum atomic E-state index is -0.411. The Morgan fingerprint density at radius 3 is 2.95 bits per heavy atom. The highest BCUT2D eigenvalue weighted by Gasteiger charge is 2.18. The van der Waals surface area contributed by atoms with Gasteiger partial charge in [0.15, 0.2) is 5.82 Å². The van der Waals surface area contributed by atoms with Gasteiger partial charge < -0.3 is 9.88 Å². The molecule has 6 heteroatoms. The molecule has 0 bridgehead atoms. The average Bonchev–Trinajstić information content (AvgIpc) is 2.70. The Labute approximate surface area is 115 Å². The first-order chi connectivity index (χ1) is 9.04. The van der Waals surface area contributed by atoms with Crippen molar-refractivity contribution in [3.05, 3.63) is 29.8 Å². The van der Waals surface area contributed by atoms with Gasteiger partial charge in [-0.25, -0.2) is 9.37 Å². The molecule has 4 nitrogen and oxygen atoms in total. The molecule has 1 amide bonds. The number of nitrogens with one attached hydrogen (secondary N) is 1. The zero-order chi connectivity index (χ0) is 14.0. The number of benzene rings is 1. The third kappa shape index (κ3) is 2.71. The van der Waals surface area contributed by atoms with E-state index in [9.17, 15) is 9.18 Å². The van der Waals surface area contributed by atoms with E-state index in [-0.39, 0.29) is 18.0 Å². The van der Waals surface area contributed by atoms with Gasteiger partial charge in [0, 0.05) is 6.54 Å². The Kier molecular flexibility index (Phi) is 4.04.